The fourth-order valence-electron chi connectivity index (χ4n) is 2.37. The molecule has 0 nitrogen and oxygen atoms in total. The first kappa shape index (κ1) is 13.4. The van der Waals surface area contributed by atoms with Gasteiger partial charge in [-0.25, -0.2) is 0 Å². The standard InChI is InChI=1S/C19H15I/c1-14-5-2-6-15(11-14)16-7-3-8-17(12-16)18-9-4-10-19(20)13-18/h2-13H,1H3. The zero-order valence-electron chi connectivity index (χ0n) is 11.3. The summed E-state index contributed by atoms with van der Waals surface area (Å²) in [6, 6.07) is 26.0. The molecule has 0 aliphatic heterocycles. The van der Waals surface area contributed by atoms with Gasteiger partial charge < -0.3 is 0 Å². The van der Waals surface area contributed by atoms with Crippen LogP contribution in [0.3, 0.4) is 0 Å². The van der Waals surface area contributed by atoms with Gasteiger partial charge in [-0.15, -0.1) is 0 Å². The fourth-order valence-corrected chi connectivity index (χ4v) is 2.91. The Balaban J connectivity index is 2.06. The molecule has 0 aliphatic carbocycles. The summed E-state index contributed by atoms with van der Waals surface area (Å²) in [6.07, 6.45) is 0. The van der Waals surface area contributed by atoms with E-state index in [4.69, 9.17) is 0 Å². The van der Waals surface area contributed by atoms with Gasteiger partial charge in [-0.3, -0.25) is 0 Å². The smallest absolute Gasteiger partial charge is 0.0136 e. The predicted molar refractivity (Wildman–Crippen MR) is 94.8 cm³/mol. The Bertz CT molecular complexity index is 683. The van der Waals surface area contributed by atoms with Gasteiger partial charge in [-0.05, 0) is 70.0 Å². The van der Waals surface area contributed by atoms with Crippen LogP contribution in [-0.2, 0) is 0 Å². The summed E-state index contributed by atoms with van der Waals surface area (Å²) in [6.45, 7) is 2.13. The summed E-state index contributed by atoms with van der Waals surface area (Å²) >= 11 is 2.36. The van der Waals surface area contributed by atoms with Crippen LogP contribution in [-0.4, -0.2) is 0 Å². The third kappa shape index (κ3) is 2.93. The highest BCUT2D eigenvalue weighted by Gasteiger charge is 2.02. The molecule has 0 bridgehead atoms. The molecule has 0 atom stereocenters. The van der Waals surface area contributed by atoms with Crippen molar-refractivity contribution in [1.82, 2.24) is 0 Å². The third-order valence-electron chi connectivity index (χ3n) is 3.37. The molecule has 98 valence electrons. The number of halogens is 1. The highest BCUT2D eigenvalue weighted by molar-refractivity contribution is 14.1. The van der Waals surface area contributed by atoms with E-state index >= 15 is 0 Å². The van der Waals surface area contributed by atoms with Crippen LogP contribution in [0.4, 0.5) is 0 Å². The summed E-state index contributed by atoms with van der Waals surface area (Å²) < 4.78 is 1.26. The molecule has 0 N–H and O–H groups in total. The molecular formula is C19H15I. The van der Waals surface area contributed by atoms with E-state index < -0.39 is 0 Å². The molecule has 0 aromatic heterocycles. The summed E-state index contributed by atoms with van der Waals surface area (Å²) in [4.78, 5) is 0. The highest BCUT2D eigenvalue weighted by Crippen LogP contribution is 2.27. The van der Waals surface area contributed by atoms with Crippen molar-refractivity contribution in [3.8, 4) is 22.3 Å². The van der Waals surface area contributed by atoms with Gasteiger partial charge in [0.25, 0.3) is 0 Å². The quantitative estimate of drug-likeness (QED) is 0.490. The van der Waals surface area contributed by atoms with Crippen molar-refractivity contribution in [1.29, 1.82) is 0 Å². The lowest BCUT2D eigenvalue weighted by Gasteiger charge is -2.07. The van der Waals surface area contributed by atoms with Crippen molar-refractivity contribution in [3.05, 3.63) is 81.9 Å². The summed E-state index contributed by atoms with van der Waals surface area (Å²) in [7, 11) is 0. The maximum atomic E-state index is 2.36. The molecule has 3 rings (SSSR count). The van der Waals surface area contributed by atoms with Crippen molar-refractivity contribution < 1.29 is 0 Å². The average molecular weight is 370 g/mol. The minimum Gasteiger partial charge on any atom is -0.0614 e. The monoisotopic (exact) mass is 370 g/mol. The Hall–Kier alpha value is -1.61. The Labute approximate surface area is 133 Å². The Morgan fingerprint density at radius 2 is 1.10 bits per heavy atom. The van der Waals surface area contributed by atoms with Gasteiger partial charge in [0, 0.05) is 3.57 Å². The fraction of sp³-hybridized carbons (Fsp3) is 0.0526. The van der Waals surface area contributed by atoms with Crippen LogP contribution in [0.1, 0.15) is 5.56 Å². The molecule has 0 aliphatic rings. The molecule has 0 amide bonds. The molecule has 0 unspecified atom stereocenters. The minimum atomic E-state index is 1.26. The first-order valence-electron chi connectivity index (χ1n) is 6.65. The van der Waals surface area contributed by atoms with Gasteiger partial charge >= 0.3 is 0 Å². The Morgan fingerprint density at radius 1 is 0.600 bits per heavy atom. The van der Waals surface area contributed by atoms with E-state index in [0.29, 0.717) is 0 Å². The average Bonchev–Trinajstić information content (AvgIpc) is 2.47. The highest BCUT2D eigenvalue weighted by atomic mass is 127. The Morgan fingerprint density at radius 3 is 1.70 bits per heavy atom. The lowest BCUT2D eigenvalue weighted by atomic mass is 9.98. The van der Waals surface area contributed by atoms with Crippen LogP contribution >= 0.6 is 22.6 Å². The van der Waals surface area contributed by atoms with Gasteiger partial charge in [-0.1, -0.05) is 60.2 Å². The van der Waals surface area contributed by atoms with Crippen LogP contribution in [0.2, 0.25) is 0 Å². The molecule has 3 aromatic rings. The van der Waals surface area contributed by atoms with E-state index in [1.165, 1.54) is 31.4 Å². The lowest BCUT2D eigenvalue weighted by molar-refractivity contribution is 1.46. The molecule has 20 heavy (non-hydrogen) atoms. The first-order chi connectivity index (χ1) is 9.72. The summed E-state index contributed by atoms with van der Waals surface area (Å²) in [5.74, 6) is 0. The van der Waals surface area contributed by atoms with Crippen molar-refractivity contribution in [2.75, 3.05) is 0 Å². The van der Waals surface area contributed by atoms with E-state index in [0.717, 1.165) is 0 Å². The molecule has 0 radical (unpaired) electrons. The molecule has 3 aromatic carbocycles. The number of benzene rings is 3. The predicted octanol–water partition coefficient (Wildman–Crippen LogP) is 5.93. The largest absolute Gasteiger partial charge is 0.0614 e. The van der Waals surface area contributed by atoms with Crippen LogP contribution in [0.5, 0.6) is 0 Å². The van der Waals surface area contributed by atoms with Gasteiger partial charge in [0.05, 0.1) is 0 Å². The molecule has 0 saturated carbocycles. The topological polar surface area (TPSA) is 0 Å². The van der Waals surface area contributed by atoms with Gasteiger partial charge in [0.2, 0.25) is 0 Å². The van der Waals surface area contributed by atoms with Gasteiger partial charge in [0.15, 0.2) is 0 Å². The zero-order chi connectivity index (χ0) is 13.9. The second-order valence-electron chi connectivity index (χ2n) is 4.96. The zero-order valence-corrected chi connectivity index (χ0v) is 13.5. The third-order valence-corrected chi connectivity index (χ3v) is 4.04. The van der Waals surface area contributed by atoms with Crippen molar-refractivity contribution >= 4 is 22.6 Å². The van der Waals surface area contributed by atoms with Crippen LogP contribution in [0, 0.1) is 10.5 Å². The summed E-state index contributed by atoms with van der Waals surface area (Å²) in [5, 5.41) is 0. The number of hydrogen-bond acceptors (Lipinski definition) is 0. The number of rotatable bonds is 2. The van der Waals surface area contributed by atoms with Crippen LogP contribution < -0.4 is 0 Å². The lowest BCUT2D eigenvalue weighted by Crippen LogP contribution is -1.83. The second-order valence-corrected chi connectivity index (χ2v) is 6.21. The van der Waals surface area contributed by atoms with E-state index in [1.807, 2.05) is 0 Å². The minimum absolute atomic E-state index is 1.26. The van der Waals surface area contributed by atoms with Crippen molar-refractivity contribution in [2.24, 2.45) is 0 Å². The van der Waals surface area contributed by atoms with E-state index in [2.05, 4.69) is 102 Å². The Kier molecular flexibility index (Phi) is 3.88. The van der Waals surface area contributed by atoms with Crippen LogP contribution in [0.25, 0.3) is 22.3 Å². The maximum absolute atomic E-state index is 2.36. The van der Waals surface area contributed by atoms with E-state index in [9.17, 15) is 0 Å². The molecular weight excluding hydrogens is 355 g/mol. The molecule has 0 heterocycles. The van der Waals surface area contributed by atoms with Gasteiger partial charge in [0.1, 0.15) is 0 Å². The van der Waals surface area contributed by atoms with Crippen LogP contribution in [0.15, 0.2) is 72.8 Å². The van der Waals surface area contributed by atoms with E-state index in [-0.39, 0.29) is 0 Å². The molecule has 1 heteroatoms. The van der Waals surface area contributed by atoms with Crippen molar-refractivity contribution in [2.45, 2.75) is 6.92 Å². The molecule has 0 saturated heterocycles. The summed E-state index contributed by atoms with van der Waals surface area (Å²) in [5.41, 5.74) is 6.37. The second kappa shape index (κ2) is 5.80. The molecule has 0 spiro atoms. The first-order valence-corrected chi connectivity index (χ1v) is 7.73. The number of aryl methyl sites for hydroxylation is 1. The normalized spacial score (nSPS) is 10.5. The van der Waals surface area contributed by atoms with Gasteiger partial charge in [-0.2, -0.15) is 0 Å². The maximum Gasteiger partial charge on any atom is 0.0136 e. The van der Waals surface area contributed by atoms with E-state index in [1.54, 1.807) is 0 Å². The number of hydrogen-bond donors (Lipinski definition) is 0. The molecule has 0 fully saturated rings. The SMILES string of the molecule is Cc1cccc(-c2cccc(-c3cccc(I)c3)c2)c1. The van der Waals surface area contributed by atoms with Crippen molar-refractivity contribution in [3.63, 3.8) is 0 Å².